The highest BCUT2D eigenvalue weighted by Gasteiger charge is 2.28. The molecule has 7 heteroatoms. The van der Waals surface area contributed by atoms with E-state index in [1.165, 1.54) is 19.2 Å². The van der Waals surface area contributed by atoms with E-state index in [9.17, 15) is 9.18 Å². The molecule has 0 spiro atoms. The average molecular weight is 425 g/mol. The number of benzene rings is 2. The number of methoxy groups -OCH3 is 1. The molecule has 2 aromatic rings. The molecule has 6 nitrogen and oxygen atoms in total. The molecule has 0 amide bonds. The Labute approximate surface area is 182 Å². The van der Waals surface area contributed by atoms with Gasteiger partial charge in [0.2, 0.25) is 0 Å². The first-order valence-electron chi connectivity index (χ1n) is 10.7. The van der Waals surface area contributed by atoms with Crippen LogP contribution in [0.15, 0.2) is 48.3 Å². The number of carbonyl (C=O) groups excluding carboxylic acids is 1. The summed E-state index contributed by atoms with van der Waals surface area (Å²) in [6.07, 6.45) is 2.14. The first-order valence-corrected chi connectivity index (χ1v) is 10.7. The summed E-state index contributed by atoms with van der Waals surface area (Å²) in [5.41, 5.74) is 3.92. The van der Waals surface area contributed by atoms with Crippen molar-refractivity contribution in [3.05, 3.63) is 65.2 Å². The summed E-state index contributed by atoms with van der Waals surface area (Å²) in [7, 11) is 3.47. The molecule has 2 aliphatic heterocycles. The van der Waals surface area contributed by atoms with Crippen molar-refractivity contribution in [2.45, 2.75) is 25.8 Å². The molecule has 0 saturated carbocycles. The molecule has 0 atom stereocenters. The van der Waals surface area contributed by atoms with Gasteiger partial charge >= 0.3 is 5.97 Å². The summed E-state index contributed by atoms with van der Waals surface area (Å²) in [5.74, 6) is 0.272. The second-order valence-electron chi connectivity index (χ2n) is 8.01. The normalized spacial score (nSPS) is 16.9. The van der Waals surface area contributed by atoms with E-state index in [0.717, 1.165) is 60.9 Å². The van der Waals surface area contributed by atoms with Crippen LogP contribution in [0.1, 0.15) is 35.7 Å². The van der Waals surface area contributed by atoms with Crippen LogP contribution in [-0.4, -0.2) is 55.6 Å². The molecular weight excluding hydrogens is 395 g/mol. The number of esters is 1. The molecule has 0 radical (unpaired) electrons. The lowest BCUT2D eigenvalue weighted by molar-refractivity contribution is 0.0601. The Bertz CT molecular complexity index is 982. The summed E-state index contributed by atoms with van der Waals surface area (Å²) in [6.45, 7) is 5.41. The number of nitrogens with one attached hydrogen (secondary N) is 2. The van der Waals surface area contributed by atoms with Crippen molar-refractivity contribution in [3.8, 4) is 0 Å². The Morgan fingerprint density at radius 3 is 2.48 bits per heavy atom. The fourth-order valence-electron chi connectivity index (χ4n) is 4.28. The molecule has 1 fully saturated rings. The molecule has 2 aliphatic rings. The third-order valence-corrected chi connectivity index (χ3v) is 6.23. The molecule has 4 rings (SSSR count). The van der Waals surface area contributed by atoms with Crippen molar-refractivity contribution in [2.75, 3.05) is 44.4 Å². The predicted molar refractivity (Wildman–Crippen MR) is 121 cm³/mol. The van der Waals surface area contributed by atoms with Crippen molar-refractivity contribution in [3.63, 3.8) is 0 Å². The minimum absolute atomic E-state index is 0.266. The number of rotatable bonds is 5. The van der Waals surface area contributed by atoms with Gasteiger partial charge in [-0.2, -0.15) is 0 Å². The SMILES string of the molecule is CCN1CCC(N(C)C2=C(c3ccc(F)cc3)Nc3ccc(C(=O)OC)cc3N2)CC1. The molecule has 0 unspecified atom stereocenters. The van der Waals surface area contributed by atoms with Crippen molar-refractivity contribution in [1.29, 1.82) is 0 Å². The number of ether oxygens (including phenoxy) is 1. The average Bonchev–Trinajstić information content (AvgIpc) is 2.82. The molecule has 0 aliphatic carbocycles. The first kappa shape index (κ1) is 21.2. The van der Waals surface area contributed by atoms with Gasteiger partial charge < -0.3 is 25.2 Å². The first-order chi connectivity index (χ1) is 15.0. The van der Waals surface area contributed by atoms with E-state index in [4.69, 9.17) is 4.74 Å². The van der Waals surface area contributed by atoms with Gasteiger partial charge in [-0.1, -0.05) is 6.92 Å². The van der Waals surface area contributed by atoms with Gasteiger partial charge in [-0.15, -0.1) is 0 Å². The van der Waals surface area contributed by atoms with Crippen LogP contribution in [0.4, 0.5) is 15.8 Å². The van der Waals surface area contributed by atoms with E-state index in [2.05, 4.69) is 34.4 Å². The number of anilines is 2. The molecule has 0 bridgehead atoms. The minimum atomic E-state index is -0.375. The van der Waals surface area contributed by atoms with Crippen LogP contribution in [0.5, 0.6) is 0 Å². The topological polar surface area (TPSA) is 56.8 Å². The Morgan fingerprint density at radius 1 is 1.13 bits per heavy atom. The number of nitrogens with zero attached hydrogens (tertiary/aromatic N) is 2. The van der Waals surface area contributed by atoms with Gasteiger partial charge in [0.05, 0.1) is 29.7 Å². The van der Waals surface area contributed by atoms with Gasteiger partial charge in [-0.25, -0.2) is 9.18 Å². The number of hydrogen-bond acceptors (Lipinski definition) is 6. The maximum Gasteiger partial charge on any atom is 0.337 e. The van der Waals surface area contributed by atoms with Crippen LogP contribution in [0, 0.1) is 5.82 Å². The van der Waals surface area contributed by atoms with Crippen molar-refractivity contribution in [1.82, 2.24) is 9.80 Å². The van der Waals surface area contributed by atoms with Gasteiger partial charge in [0.1, 0.15) is 11.6 Å². The summed E-state index contributed by atoms with van der Waals surface area (Å²) >= 11 is 0. The van der Waals surface area contributed by atoms with E-state index in [1.807, 2.05) is 6.07 Å². The van der Waals surface area contributed by atoms with E-state index >= 15 is 0 Å². The molecule has 2 heterocycles. The van der Waals surface area contributed by atoms with Crippen LogP contribution >= 0.6 is 0 Å². The zero-order chi connectivity index (χ0) is 22.0. The fourth-order valence-corrected chi connectivity index (χ4v) is 4.28. The minimum Gasteiger partial charge on any atom is -0.465 e. The monoisotopic (exact) mass is 424 g/mol. The van der Waals surface area contributed by atoms with E-state index in [-0.39, 0.29) is 11.8 Å². The second kappa shape index (κ2) is 8.98. The second-order valence-corrected chi connectivity index (χ2v) is 8.01. The van der Waals surface area contributed by atoms with Crippen molar-refractivity contribution in [2.24, 2.45) is 0 Å². The predicted octanol–water partition coefficient (Wildman–Crippen LogP) is 4.19. The zero-order valence-corrected chi connectivity index (χ0v) is 18.2. The smallest absolute Gasteiger partial charge is 0.337 e. The molecule has 31 heavy (non-hydrogen) atoms. The van der Waals surface area contributed by atoms with Crippen LogP contribution in [0.25, 0.3) is 5.70 Å². The van der Waals surface area contributed by atoms with Gasteiger partial charge in [-0.05, 0) is 61.9 Å². The summed E-state index contributed by atoms with van der Waals surface area (Å²) in [6, 6.07) is 12.3. The zero-order valence-electron chi connectivity index (χ0n) is 18.2. The maximum absolute atomic E-state index is 13.6. The summed E-state index contributed by atoms with van der Waals surface area (Å²) in [4.78, 5) is 16.7. The van der Waals surface area contributed by atoms with Gasteiger partial charge in [0.25, 0.3) is 0 Å². The lowest BCUT2D eigenvalue weighted by Crippen LogP contribution is -2.44. The maximum atomic E-state index is 13.6. The highest BCUT2D eigenvalue weighted by molar-refractivity contribution is 5.96. The van der Waals surface area contributed by atoms with E-state index in [1.54, 1.807) is 24.3 Å². The summed E-state index contributed by atoms with van der Waals surface area (Å²) < 4.78 is 18.4. The standard InChI is InChI=1S/C24H29FN4O2/c1-4-29-13-11-19(12-14-29)28(2)23-22(16-5-8-18(25)9-6-16)26-20-10-7-17(24(30)31-3)15-21(20)27-23/h5-10,15,19,26-27H,4,11-14H2,1-3H3. The molecule has 2 aromatic carbocycles. The van der Waals surface area contributed by atoms with Gasteiger partial charge in [0, 0.05) is 31.7 Å². The third-order valence-electron chi connectivity index (χ3n) is 6.23. The molecular formula is C24H29FN4O2. The molecule has 0 aromatic heterocycles. The Kier molecular flexibility index (Phi) is 6.13. The van der Waals surface area contributed by atoms with Crippen LogP contribution in [0.3, 0.4) is 0 Å². The number of likely N-dealkylation sites (tertiary alicyclic amines) is 1. The van der Waals surface area contributed by atoms with Crippen molar-refractivity contribution >= 4 is 23.0 Å². The van der Waals surface area contributed by atoms with Gasteiger partial charge in [-0.3, -0.25) is 0 Å². The Morgan fingerprint density at radius 2 is 1.84 bits per heavy atom. The van der Waals surface area contributed by atoms with Crippen LogP contribution < -0.4 is 10.6 Å². The highest BCUT2D eigenvalue weighted by Crippen LogP contribution is 2.37. The Hall–Kier alpha value is -3.06. The number of fused-ring (bicyclic) bond motifs is 1. The van der Waals surface area contributed by atoms with Crippen LogP contribution in [-0.2, 0) is 4.74 Å². The largest absolute Gasteiger partial charge is 0.465 e. The number of carbonyl (C=O) groups is 1. The van der Waals surface area contributed by atoms with Gasteiger partial charge in [0.15, 0.2) is 0 Å². The number of piperidine rings is 1. The highest BCUT2D eigenvalue weighted by atomic mass is 19.1. The van der Waals surface area contributed by atoms with E-state index < -0.39 is 0 Å². The number of halogens is 1. The quantitative estimate of drug-likeness (QED) is 0.702. The lowest BCUT2D eigenvalue weighted by atomic mass is 10.0. The van der Waals surface area contributed by atoms with Crippen LogP contribution in [0.2, 0.25) is 0 Å². The Balaban J connectivity index is 1.69. The fraction of sp³-hybridized carbons (Fsp3) is 0.375. The number of hydrogen-bond donors (Lipinski definition) is 2. The third kappa shape index (κ3) is 4.37. The lowest BCUT2D eigenvalue weighted by Gasteiger charge is -2.41. The van der Waals surface area contributed by atoms with Crippen molar-refractivity contribution < 1.29 is 13.9 Å². The van der Waals surface area contributed by atoms with E-state index in [0.29, 0.717) is 11.6 Å². The summed E-state index contributed by atoms with van der Waals surface area (Å²) in [5, 5.41) is 7.03. The molecule has 164 valence electrons. The molecule has 1 saturated heterocycles. The molecule has 2 N–H and O–H groups in total.